The highest BCUT2D eigenvalue weighted by atomic mass is 16.4. The number of nitrogens with zero attached hydrogens (tertiary/aromatic N) is 3. The third kappa shape index (κ3) is 3.09. The van der Waals surface area contributed by atoms with Gasteiger partial charge in [0.2, 0.25) is 0 Å². The lowest BCUT2D eigenvalue weighted by Gasteiger charge is -2.31. The Morgan fingerprint density at radius 1 is 1.19 bits per heavy atom. The highest BCUT2D eigenvalue weighted by Crippen LogP contribution is 2.36. The second kappa shape index (κ2) is 7.11. The number of rotatable bonds is 3. The van der Waals surface area contributed by atoms with Crippen LogP contribution < -0.4 is 5.32 Å². The Bertz CT molecular complexity index is 797. The van der Waals surface area contributed by atoms with Crippen molar-refractivity contribution in [1.29, 1.82) is 0 Å². The number of aromatic nitrogens is 2. The first-order chi connectivity index (χ1) is 12.6. The Labute approximate surface area is 153 Å². The number of likely N-dealkylation sites (tertiary alicyclic amines) is 1. The van der Waals surface area contributed by atoms with Crippen LogP contribution in [0.5, 0.6) is 0 Å². The fraction of sp³-hybridized carbons (Fsp3) is 0.500. The van der Waals surface area contributed by atoms with Crippen molar-refractivity contribution in [3.8, 4) is 5.69 Å². The second-order valence-electron chi connectivity index (χ2n) is 7.35. The zero-order valence-corrected chi connectivity index (χ0v) is 15.2. The molecule has 138 valence electrons. The van der Waals surface area contributed by atoms with E-state index in [4.69, 9.17) is 10.2 Å². The van der Waals surface area contributed by atoms with Crippen molar-refractivity contribution in [3.63, 3.8) is 0 Å². The van der Waals surface area contributed by atoms with Gasteiger partial charge in [0.1, 0.15) is 5.82 Å². The van der Waals surface area contributed by atoms with E-state index in [1.54, 1.807) is 12.1 Å². The van der Waals surface area contributed by atoms with Gasteiger partial charge >= 0.3 is 5.97 Å². The summed E-state index contributed by atoms with van der Waals surface area (Å²) in [6, 6.07) is 7.36. The number of hydrogen-bond donors (Lipinski definition) is 2. The molecule has 26 heavy (non-hydrogen) atoms. The standard InChI is InChI=1S/C20H26N4O2/c1-23-13-5-3-7-17(23)18-16-6-2-4-12-21-19(16)24(22-18)15-10-8-14(9-11-15)20(25)26/h8-11,17,21H,2-7,12-13H2,1H3,(H,25,26). The largest absolute Gasteiger partial charge is 0.478 e. The molecule has 2 aliphatic rings. The predicted molar refractivity (Wildman–Crippen MR) is 101 cm³/mol. The maximum atomic E-state index is 11.1. The van der Waals surface area contributed by atoms with Gasteiger partial charge in [0.05, 0.1) is 23.0 Å². The molecule has 0 saturated carbocycles. The SMILES string of the molecule is CN1CCCCC1c1nn(-c2ccc(C(=O)O)cc2)c2c1CCCCN2. The Kier molecular flexibility index (Phi) is 4.68. The summed E-state index contributed by atoms with van der Waals surface area (Å²) >= 11 is 0. The number of hydrogen-bond acceptors (Lipinski definition) is 4. The molecule has 4 rings (SSSR count). The molecule has 1 aromatic heterocycles. The molecule has 6 nitrogen and oxygen atoms in total. The van der Waals surface area contributed by atoms with Crippen LogP contribution in [0.15, 0.2) is 24.3 Å². The van der Waals surface area contributed by atoms with Gasteiger partial charge in [-0.15, -0.1) is 0 Å². The second-order valence-corrected chi connectivity index (χ2v) is 7.35. The van der Waals surface area contributed by atoms with E-state index in [-0.39, 0.29) is 0 Å². The van der Waals surface area contributed by atoms with Crippen molar-refractivity contribution < 1.29 is 9.90 Å². The third-order valence-corrected chi connectivity index (χ3v) is 5.61. The molecule has 0 amide bonds. The highest BCUT2D eigenvalue weighted by molar-refractivity contribution is 5.87. The number of aromatic carboxylic acids is 1. The van der Waals surface area contributed by atoms with Crippen LogP contribution in [-0.4, -0.2) is 45.9 Å². The Hall–Kier alpha value is -2.34. The number of anilines is 1. The van der Waals surface area contributed by atoms with Crippen LogP contribution in [0.3, 0.4) is 0 Å². The molecule has 1 fully saturated rings. The van der Waals surface area contributed by atoms with Gasteiger partial charge in [-0.05, 0) is 70.0 Å². The van der Waals surface area contributed by atoms with Crippen LogP contribution in [0, 0.1) is 0 Å². The molecule has 0 spiro atoms. The van der Waals surface area contributed by atoms with Crippen LogP contribution >= 0.6 is 0 Å². The van der Waals surface area contributed by atoms with Gasteiger partial charge in [-0.1, -0.05) is 6.42 Å². The zero-order valence-electron chi connectivity index (χ0n) is 15.2. The fourth-order valence-electron chi connectivity index (χ4n) is 4.15. The van der Waals surface area contributed by atoms with Crippen molar-refractivity contribution >= 4 is 11.8 Å². The third-order valence-electron chi connectivity index (χ3n) is 5.61. The summed E-state index contributed by atoms with van der Waals surface area (Å²) in [5, 5.41) is 17.7. The lowest BCUT2D eigenvalue weighted by atomic mass is 9.96. The van der Waals surface area contributed by atoms with Crippen molar-refractivity contribution in [2.75, 3.05) is 25.5 Å². The molecular formula is C20H26N4O2. The van der Waals surface area contributed by atoms with Crippen molar-refractivity contribution in [2.45, 2.75) is 44.6 Å². The van der Waals surface area contributed by atoms with E-state index in [1.807, 2.05) is 16.8 Å². The molecule has 0 aliphatic carbocycles. The van der Waals surface area contributed by atoms with E-state index in [9.17, 15) is 4.79 Å². The normalized spacial score (nSPS) is 20.9. The van der Waals surface area contributed by atoms with E-state index >= 15 is 0 Å². The lowest BCUT2D eigenvalue weighted by molar-refractivity contribution is 0.0697. The monoisotopic (exact) mass is 354 g/mol. The van der Waals surface area contributed by atoms with Gasteiger partial charge < -0.3 is 10.4 Å². The van der Waals surface area contributed by atoms with Crippen molar-refractivity contribution in [3.05, 3.63) is 41.1 Å². The summed E-state index contributed by atoms with van der Waals surface area (Å²) in [4.78, 5) is 13.6. The average Bonchev–Trinajstić information content (AvgIpc) is 2.83. The van der Waals surface area contributed by atoms with Crippen LogP contribution in [0.1, 0.15) is 59.8 Å². The van der Waals surface area contributed by atoms with Crippen LogP contribution in [0.4, 0.5) is 5.82 Å². The van der Waals surface area contributed by atoms with Crippen molar-refractivity contribution in [1.82, 2.24) is 14.7 Å². The number of carboxylic acids is 1. The smallest absolute Gasteiger partial charge is 0.335 e. The van der Waals surface area contributed by atoms with E-state index in [0.29, 0.717) is 11.6 Å². The van der Waals surface area contributed by atoms with Crippen LogP contribution in [-0.2, 0) is 6.42 Å². The zero-order chi connectivity index (χ0) is 18.1. The van der Waals surface area contributed by atoms with Gasteiger partial charge in [-0.2, -0.15) is 5.10 Å². The highest BCUT2D eigenvalue weighted by Gasteiger charge is 2.29. The number of nitrogens with one attached hydrogen (secondary N) is 1. The fourth-order valence-corrected chi connectivity index (χ4v) is 4.15. The summed E-state index contributed by atoms with van der Waals surface area (Å²) in [5.41, 5.74) is 3.74. The molecule has 2 N–H and O–H groups in total. The first-order valence-electron chi connectivity index (χ1n) is 9.55. The number of fused-ring (bicyclic) bond motifs is 1. The maximum absolute atomic E-state index is 11.1. The summed E-state index contributed by atoms with van der Waals surface area (Å²) in [5.74, 6) is 0.179. The van der Waals surface area contributed by atoms with Gasteiger partial charge in [0.15, 0.2) is 0 Å². The summed E-state index contributed by atoms with van der Waals surface area (Å²) in [6.45, 7) is 2.07. The molecule has 1 aromatic carbocycles. The molecule has 1 unspecified atom stereocenters. The van der Waals surface area contributed by atoms with E-state index < -0.39 is 5.97 Å². The minimum Gasteiger partial charge on any atom is -0.478 e. The minimum atomic E-state index is -0.904. The van der Waals surface area contributed by atoms with Crippen molar-refractivity contribution in [2.24, 2.45) is 0 Å². The summed E-state index contributed by atoms with van der Waals surface area (Å²) in [7, 11) is 2.20. The first-order valence-corrected chi connectivity index (χ1v) is 9.55. The minimum absolute atomic E-state index is 0.298. The van der Waals surface area contributed by atoms with Gasteiger partial charge in [0, 0.05) is 12.1 Å². The van der Waals surface area contributed by atoms with Gasteiger partial charge in [0.25, 0.3) is 0 Å². The average molecular weight is 354 g/mol. The number of benzene rings is 1. The molecule has 2 aromatic rings. The summed E-state index contributed by atoms with van der Waals surface area (Å²) < 4.78 is 1.98. The van der Waals surface area contributed by atoms with E-state index in [2.05, 4.69) is 17.3 Å². The maximum Gasteiger partial charge on any atom is 0.335 e. The first kappa shape index (κ1) is 17.1. The van der Waals surface area contributed by atoms with Crippen LogP contribution in [0.25, 0.3) is 5.69 Å². The molecule has 0 radical (unpaired) electrons. The Morgan fingerprint density at radius 3 is 2.73 bits per heavy atom. The predicted octanol–water partition coefficient (Wildman–Crippen LogP) is 3.48. The molecule has 0 bridgehead atoms. The van der Waals surface area contributed by atoms with Gasteiger partial charge in [-0.3, -0.25) is 4.90 Å². The summed E-state index contributed by atoms with van der Waals surface area (Å²) in [6.07, 6.45) is 7.04. The number of piperidine rings is 1. The number of carboxylic acid groups (broad SMARTS) is 1. The Balaban J connectivity index is 1.78. The lowest BCUT2D eigenvalue weighted by Crippen LogP contribution is -2.30. The number of carbonyl (C=O) groups is 1. The molecule has 1 atom stereocenters. The molecule has 6 heteroatoms. The molecule has 2 aliphatic heterocycles. The quantitative estimate of drug-likeness (QED) is 0.883. The molecule has 1 saturated heterocycles. The van der Waals surface area contributed by atoms with Crippen LogP contribution in [0.2, 0.25) is 0 Å². The topological polar surface area (TPSA) is 70.4 Å². The molecular weight excluding hydrogens is 328 g/mol. The van der Waals surface area contributed by atoms with E-state index in [0.717, 1.165) is 43.9 Å². The Morgan fingerprint density at radius 2 is 2.00 bits per heavy atom. The molecule has 3 heterocycles. The van der Waals surface area contributed by atoms with E-state index in [1.165, 1.54) is 30.5 Å². The van der Waals surface area contributed by atoms with Gasteiger partial charge in [-0.25, -0.2) is 9.48 Å².